The first-order chi connectivity index (χ1) is 8.95. The van der Waals surface area contributed by atoms with Crippen LogP contribution in [-0.4, -0.2) is 16.9 Å². The van der Waals surface area contributed by atoms with Gasteiger partial charge in [0.25, 0.3) is 0 Å². The molecule has 0 aliphatic heterocycles. The predicted octanol–water partition coefficient (Wildman–Crippen LogP) is 3.29. The summed E-state index contributed by atoms with van der Waals surface area (Å²) in [5.41, 5.74) is 7.95. The summed E-state index contributed by atoms with van der Waals surface area (Å²) in [7, 11) is 0. The average Bonchev–Trinajstić information content (AvgIpc) is 2.67. The number of carbonyl (C=O) groups is 1. The highest BCUT2D eigenvalue weighted by atomic mass is 35.5. The summed E-state index contributed by atoms with van der Waals surface area (Å²) in [5.74, 6) is 0.819. The fraction of sp³-hybridized carbons (Fsp3) is 0.429. The summed E-state index contributed by atoms with van der Waals surface area (Å²) in [6.45, 7) is 5.86. The molecular weight excluding hydrogens is 313 g/mol. The van der Waals surface area contributed by atoms with Gasteiger partial charge in [-0.1, -0.05) is 13.8 Å². The van der Waals surface area contributed by atoms with Crippen molar-refractivity contribution < 1.29 is 9.21 Å². The first-order valence-corrected chi connectivity index (χ1v) is 6.39. The van der Waals surface area contributed by atoms with Crippen LogP contribution in [0.4, 0.5) is 5.69 Å². The molecule has 21 heavy (non-hydrogen) atoms. The molecule has 1 heterocycles. The van der Waals surface area contributed by atoms with Gasteiger partial charge in [-0.15, -0.1) is 24.8 Å². The van der Waals surface area contributed by atoms with Crippen molar-refractivity contribution in [2.75, 3.05) is 5.32 Å². The van der Waals surface area contributed by atoms with E-state index in [0.717, 1.165) is 5.52 Å². The molecule has 5 nitrogen and oxygen atoms in total. The number of aromatic nitrogens is 1. The lowest BCUT2D eigenvalue weighted by Gasteiger charge is -2.13. The lowest BCUT2D eigenvalue weighted by atomic mass is 10.0. The molecule has 118 valence electrons. The number of nitrogens with two attached hydrogens (primary N) is 1. The largest absolute Gasteiger partial charge is 0.441 e. The van der Waals surface area contributed by atoms with Gasteiger partial charge >= 0.3 is 0 Å². The van der Waals surface area contributed by atoms with Crippen molar-refractivity contribution in [2.45, 2.75) is 33.2 Å². The van der Waals surface area contributed by atoms with Crippen LogP contribution in [-0.2, 0) is 4.79 Å². The summed E-state index contributed by atoms with van der Waals surface area (Å²) in [4.78, 5) is 16.1. The van der Waals surface area contributed by atoms with Gasteiger partial charge in [-0.25, -0.2) is 4.98 Å². The Kier molecular flexibility index (Phi) is 7.71. The molecule has 0 spiro atoms. The van der Waals surface area contributed by atoms with Gasteiger partial charge in [0.05, 0.1) is 6.04 Å². The molecule has 0 aliphatic carbocycles. The number of nitrogens with one attached hydrogen (secondary N) is 1. The quantitative estimate of drug-likeness (QED) is 0.899. The molecule has 0 saturated heterocycles. The standard InChI is InChI=1S/C14H19N3O2.2ClH/c1-8(2)6-11(15)14(18)17-10-4-5-12-13(7-10)19-9(3)16-12;;/h4-5,7-8,11H,6,15H2,1-3H3,(H,17,18);2*1H/t11-;;/m0../s1. The molecule has 0 aliphatic rings. The normalized spacial score (nSPS) is 11.7. The second kappa shape index (κ2) is 8.22. The van der Waals surface area contributed by atoms with Gasteiger partial charge in [0.15, 0.2) is 11.5 Å². The highest BCUT2D eigenvalue weighted by molar-refractivity contribution is 5.96. The van der Waals surface area contributed by atoms with Crippen LogP contribution in [0.5, 0.6) is 0 Å². The number of hydrogen-bond acceptors (Lipinski definition) is 4. The molecule has 1 aromatic carbocycles. The Morgan fingerprint density at radius 2 is 2.05 bits per heavy atom. The number of aryl methyl sites for hydroxylation is 1. The topological polar surface area (TPSA) is 81.2 Å². The molecule has 0 unspecified atom stereocenters. The summed E-state index contributed by atoms with van der Waals surface area (Å²) in [5, 5.41) is 2.80. The molecule has 3 N–H and O–H groups in total. The van der Waals surface area contributed by atoms with Gasteiger partial charge in [-0.3, -0.25) is 4.79 Å². The molecule has 0 bridgehead atoms. The molecule has 0 saturated carbocycles. The van der Waals surface area contributed by atoms with Crippen LogP contribution in [0.25, 0.3) is 11.1 Å². The van der Waals surface area contributed by atoms with Crippen molar-refractivity contribution in [2.24, 2.45) is 11.7 Å². The van der Waals surface area contributed by atoms with E-state index in [-0.39, 0.29) is 30.7 Å². The fourth-order valence-corrected chi connectivity index (χ4v) is 1.97. The van der Waals surface area contributed by atoms with Crippen LogP contribution >= 0.6 is 24.8 Å². The van der Waals surface area contributed by atoms with Crippen LogP contribution in [0.3, 0.4) is 0 Å². The van der Waals surface area contributed by atoms with Crippen molar-refractivity contribution in [3.63, 3.8) is 0 Å². The van der Waals surface area contributed by atoms with Crippen molar-refractivity contribution in [3.05, 3.63) is 24.1 Å². The van der Waals surface area contributed by atoms with Crippen LogP contribution in [0.15, 0.2) is 22.6 Å². The third-order valence-corrected chi connectivity index (χ3v) is 2.83. The summed E-state index contributed by atoms with van der Waals surface area (Å²) >= 11 is 0. The monoisotopic (exact) mass is 333 g/mol. The number of anilines is 1. The summed E-state index contributed by atoms with van der Waals surface area (Å²) < 4.78 is 5.42. The Morgan fingerprint density at radius 3 is 2.67 bits per heavy atom. The van der Waals surface area contributed by atoms with Gasteiger partial charge in [-0.2, -0.15) is 0 Å². The SMILES string of the molecule is Cc1nc2ccc(NC(=O)[C@@H](N)CC(C)C)cc2o1.Cl.Cl. The van der Waals surface area contributed by atoms with Gasteiger partial charge in [-0.05, 0) is 24.5 Å². The molecule has 1 amide bonds. The van der Waals surface area contributed by atoms with Gasteiger partial charge in [0.1, 0.15) is 5.52 Å². The van der Waals surface area contributed by atoms with Crippen LogP contribution < -0.4 is 11.1 Å². The Hall–Kier alpha value is -1.30. The van der Waals surface area contributed by atoms with E-state index in [0.29, 0.717) is 29.5 Å². The second-order valence-corrected chi connectivity index (χ2v) is 5.14. The molecule has 1 atom stereocenters. The maximum Gasteiger partial charge on any atom is 0.241 e. The summed E-state index contributed by atoms with van der Waals surface area (Å²) in [6.07, 6.45) is 0.662. The minimum absolute atomic E-state index is 0. The molecular formula is C14H21Cl2N3O2. The van der Waals surface area contributed by atoms with E-state index in [1.165, 1.54) is 0 Å². The lowest BCUT2D eigenvalue weighted by Crippen LogP contribution is -2.36. The van der Waals surface area contributed by atoms with E-state index >= 15 is 0 Å². The predicted molar refractivity (Wildman–Crippen MR) is 89.3 cm³/mol. The molecule has 2 rings (SSSR count). The number of benzene rings is 1. The van der Waals surface area contributed by atoms with E-state index in [1.54, 1.807) is 19.1 Å². The van der Waals surface area contributed by atoms with E-state index in [1.807, 2.05) is 19.9 Å². The molecule has 7 heteroatoms. The minimum atomic E-state index is -0.493. The molecule has 1 aromatic heterocycles. The van der Waals surface area contributed by atoms with Crippen molar-refractivity contribution in [1.82, 2.24) is 4.98 Å². The first-order valence-electron chi connectivity index (χ1n) is 6.39. The Labute approximate surface area is 136 Å². The van der Waals surface area contributed by atoms with E-state index in [2.05, 4.69) is 10.3 Å². The fourth-order valence-electron chi connectivity index (χ4n) is 1.97. The number of carbonyl (C=O) groups excluding carboxylic acids is 1. The van der Waals surface area contributed by atoms with Crippen molar-refractivity contribution in [3.8, 4) is 0 Å². The number of fused-ring (bicyclic) bond motifs is 1. The molecule has 0 radical (unpaired) electrons. The maximum atomic E-state index is 11.9. The van der Waals surface area contributed by atoms with Gasteiger partial charge in [0, 0.05) is 18.7 Å². The highest BCUT2D eigenvalue weighted by Gasteiger charge is 2.15. The zero-order valence-corrected chi connectivity index (χ0v) is 13.9. The van der Waals surface area contributed by atoms with Gasteiger partial charge < -0.3 is 15.5 Å². The zero-order valence-electron chi connectivity index (χ0n) is 12.3. The third kappa shape index (κ3) is 5.19. The van der Waals surface area contributed by atoms with Crippen LogP contribution in [0, 0.1) is 12.8 Å². The van der Waals surface area contributed by atoms with Crippen molar-refractivity contribution >= 4 is 47.5 Å². The number of rotatable bonds is 4. The first kappa shape index (κ1) is 19.7. The number of amides is 1. The maximum absolute atomic E-state index is 11.9. The smallest absolute Gasteiger partial charge is 0.241 e. The third-order valence-electron chi connectivity index (χ3n) is 2.83. The number of hydrogen-bond donors (Lipinski definition) is 2. The lowest BCUT2D eigenvalue weighted by molar-refractivity contribution is -0.117. The van der Waals surface area contributed by atoms with Crippen LogP contribution in [0.2, 0.25) is 0 Å². The highest BCUT2D eigenvalue weighted by Crippen LogP contribution is 2.20. The summed E-state index contributed by atoms with van der Waals surface area (Å²) in [6, 6.07) is 4.88. The van der Waals surface area contributed by atoms with Crippen LogP contribution in [0.1, 0.15) is 26.2 Å². The van der Waals surface area contributed by atoms with Gasteiger partial charge in [0.2, 0.25) is 5.91 Å². The van der Waals surface area contributed by atoms with E-state index in [9.17, 15) is 4.79 Å². The number of nitrogens with zero attached hydrogens (tertiary/aromatic N) is 1. The Balaban J connectivity index is 0.00000200. The average molecular weight is 334 g/mol. The Bertz CT molecular complexity index is 599. The number of halogens is 2. The molecule has 2 aromatic rings. The number of oxazole rings is 1. The van der Waals surface area contributed by atoms with Crippen molar-refractivity contribution in [1.29, 1.82) is 0 Å². The van der Waals surface area contributed by atoms with E-state index in [4.69, 9.17) is 10.2 Å². The Morgan fingerprint density at radius 1 is 1.38 bits per heavy atom. The minimum Gasteiger partial charge on any atom is -0.441 e. The van der Waals surface area contributed by atoms with E-state index < -0.39 is 6.04 Å². The second-order valence-electron chi connectivity index (χ2n) is 5.14. The zero-order chi connectivity index (χ0) is 14.0. The molecule has 0 fully saturated rings.